The van der Waals surface area contributed by atoms with E-state index in [-0.39, 0.29) is 17.2 Å². The highest BCUT2D eigenvalue weighted by molar-refractivity contribution is 5.53. The first-order chi connectivity index (χ1) is 14.4. The van der Waals surface area contributed by atoms with Crippen LogP contribution in [0.4, 0.5) is 14.5 Å². The average Bonchev–Trinajstić information content (AvgIpc) is 2.70. The third-order valence-electron chi connectivity index (χ3n) is 5.80. The maximum atomic E-state index is 14.9. The molecule has 4 nitrogen and oxygen atoms in total. The highest BCUT2D eigenvalue weighted by atomic mass is 19.1. The normalized spacial score (nSPS) is 14.9. The molecule has 0 N–H and O–H groups in total. The van der Waals surface area contributed by atoms with E-state index in [0.29, 0.717) is 28.8 Å². The summed E-state index contributed by atoms with van der Waals surface area (Å²) in [6, 6.07) is 13.0. The molecule has 0 atom stereocenters. The molecule has 30 heavy (non-hydrogen) atoms. The van der Waals surface area contributed by atoms with Crippen molar-refractivity contribution >= 4 is 5.69 Å². The van der Waals surface area contributed by atoms with Crippen molar-refractivity contribution in [2.45, 2.75) is 33.1 Å². The molecule has 2 aromatic carbocycles. The minimum absolute atomic E-state index is 0.214. The summed E-state index contributed by atoms with van der Waals surface area (Å²) in [5.41, 5.74) is 2.61. The molecule has 1 aromatic heterocycles. The molecule has 1 aliphatic rings. The number of anilines is 1. The maximum absolute atomic E-state index is 14.9. The van der Waals surface area contributed by atoms with Crippen LogP contribution >= 0.6 is 0 Å². The number of hydrogen-bond acceptors (Lipinski definition) is 3. The van der Waals surface area contributed by atoms with Gasteiger partial charge in [0.15, 0.2) is 0 Å². The Morgan fingerprint density at radius 3 is 2.33 bits per heavy atom. The molecule has 2 heterocycles. The fraction of sp³-hybridized carbons (Fsp3) is 0.333. The Labute approximate surface area is 174 Å². The van der Waals surface area contributed by atoms with Crippen LogP contribution < -0.4 is 10.5 Å². The van der Waals surface area contributed by atoms with Gasteiger partial charge in [-0.3, -0.25) is 9.36 Å². The van der Waals surface area contributed by atoms with Crippen molar-refractivity contribution in [1.29, 1.82) is 0 Å². The van der Waals surface area contributed by atoms with Gasteiger partial charge in [-0.1, -0.05) is 12.1 Å². The molecule has 1 aliphatic heterocycles. The molecule has 1 fully saturated rings. The van der Waals surface area contributed by atoms with Crippen molar-refractivity contribution in [2.75, 3.05) is 18.0 Å². The van der Waals surface area contributed by atoms with Crippen LogP contribution in [-0.2, 0) is 6.42 Å². The van der Waals surface area contributed by atoms with E-state index in [1.165, 1.54) is 28.8 Å². The Morgan fingerprint density at radius 2 is 1.70 bits per heavy atom. The van der Waals surface area contributed by atoms with E-state index >= 15 is 0 Å². The second kappa shape index (κ2) is 8.38. The van der Waals surface area contributed by atoms with Gasteiger partial charge in [-0.05, 0) is 68.9 Å². The van der Waals surface area contributed by atoms with Crippen LogP contribution in [0.2, 0.25) is 0 Å². The lowest BCUT2D eigenvalue weighted by Gasteiger charge is -2.34. The lowest BCUT2D eigenvalue weighted by Crippen LogP contribution is -2.35. The predicted octanol–water partition coefficient (Wildman–Crippen LogP) is 4.59. The fourth-order valence-electron chi connectivity index (χ4n) is 4.28. The van der Waals surface area contributed by atoms with Gasteiger partial charge in [-0.2, -0.15) is 0 Å². The van der Waals surface area contributed by atoms with Crippen LogP contribution in [0.15, 0.2) is 53.3 Å². The number of benzene rings is 2. The third-order valence-corrected chi connectivity index (χ3v) is 5.80. The number of aryl methyl sites for hydroxylation is 2. The summed E-state index contributed by atoms with van der Waals surface area (Å²) in [5.74, 6) is 0.491. The van der Waals surface area contributed by atoms with E-state index in [9.17, 15) is 13.6 Å². The molecule has 0 spiro atoms. The lowest BCUT2D eigenvalue weighted by molar-refractivity contribution is 0.401. The highest BCUT2D eigenvalue weighted by Crippen LogP contribution is 2.28. The third kappa shape index (κ3) is 4.27. The van der Waals surface area contributed by atoms with Crippen LogP contribution in [0.1, 0.15) is 29.9 Å². The largest absolute Gasteiger partial charge is 0.369 e. The average molecular weight is 409 g/mol. The van der Waals surface area contributed by atoms with Gasteiger partial charge in [0.1, 0.15) is 17.5 Å². The molecular formula is C24H25F2N3O. The second-order valence-electron chi connectivity index (χ2n) is 8.02. The van der Waals surface area contributed by atoms with Crippen molar-refractivity contribution in [3.05, 3.63) is 87.6 Å². The summed E-state index contributed by atoms with van der Waals surface area (Å²) in [7, 11) is 0. The predicted molar refractivity (Wildman–Crippen MR) is 114 cm³/mol. The Balaban J connectivity index is 1.46. The first-order valence-corrected chi connectivity index (χ1v) is 10.3. The van der Waals surface area contributed by atoms with Crippen LogP contribution in [0.25, 0.3) is 5.69 Å². The van der Waals surface area contributed by atoms with Gasteiger partial charge in [0.25, 0.3) is 5.56 Å². The minimum atomic E-state index is -0.337. The van der Waals surface area contributed by atoms with Gasteiger partial charge in [0, 0.05) is 30.9 Å². The van der Waals surface area contributed by atoms with E-state index in [4.69, 9.17) is 0 Å². The molecule has 0 amide bonds. The van der Waals surface area contributed by atoms with Crippen molar-refractivity contribution in [3.8, 4) is 5.69 Å². The second-order valence-corrected chi connectivity index (χ2v) is 8.02. The molecule has 6 heteroatoms. The molecule has 156 valence electrons. The smallest absolute Gasteiger partial charge is 0.258 e. The number of hydrogen-bond donors (Lipinski definition) is 0. The van der Waals surface area contributed by atoms with Crippen LogP contribution in [0, 0.1) is 31.4 Å². The summed E-state index contributed by atoms with van der Waals surface area (Å²) >= 11 is 0. The summed E-state index contributed by atoms with van der Waals surface area (Å²) < 4.78 is 29.4. The monoisotopic (exact) mass is 409 g/mol. The summed E-state index contributed by atoms with van der Waals surface area (Å²) in [5, 5.41) is 0. The molecule has 0 unspecified atom stereocenters. The topological polar surface area (TPSA) is 38.1 Å². The van der Waals surface area contributed by atoms with Crippen LogP contribution in [0.3, 0.4) is 0 Å². The van der Waals surface area contributed by atoms with Gasteiger partial charge in [0.05, 0.1) is 11.4 Å². The SMILES string of the molecule is Cc1cc(=O)n(-c2ccc(N3CCC(Cc4ccc(F)cc4)CC3)c(F)c2)c(C)n1. The summed E-state index contributed by atoms with van der Waals surface area (Å²) in [6.45, 7) is 5.05. The zero-order valence-corrected chi connectivity index (χ0v) is 17.2. The lowest BCUT2D eigenvalue weighted by atomic mass is 9.90. The Hall–Kier alpha value is -3.02. The van der Waals surface area contributed by atoms with E-state index in [1.807, 2.05) is 12.1 Å². The van der Waals surface area contributed by atoms with Crippen LogP contribution in [-0.4, -0.2) is 22.6 Å². The van der Waals surface area contributed by atoms with Gasteiger partial charge < -0.3 is 4.90 Å². The highest BCUT2D eigenvalue weighted by Gasteiger charge is 2.22. The molecule has 3 aromatic rings. The van der Waals surface area contributed by atoms with Crippen molar-refractivity contribution < 1.29 is 8.78 Å². The Morgan fingerprint density at radius 1 is 1.00 bits per heavy atom. The number of nitrogens with zero attached hydrogens (tertiary/aromatic N) is 3. The van der Waals surface area contributed by atoms with Gasteiger partial charge in [-0.15, -0.1) is 0 Å². The summed E-state index contributed by atoms with van der Waals surface area (Å²) in [4.78, 5) is 18.7. The molecule has 0 saturated carbocycles. The zero-order chi connectivity index (χ0) is 21.3. The quantitative estimate of drug-likeness (QED) is 0.633. The molecular weight excluding hydrogens is 384 g/mol. The van der Waals surface area contributed by atoms with E-state index in [2.05, 4.69) is 9.88 Å². The van der Waals surface area contributed by atoms with E-state index in [1.54, 1.807) is 26.0 Å². The first kappa shape index (κ1) is 20.3. The van der Waals surface area contributed by atoms with Gasteiger partial charge >= 0.3 is 0 Å². The molecule has 0 bridgehead atoms. The molecule has 4 rings (SSSR count). The minimum Gasteiger partial charge on any atom is -0.369 e. The zero-order valence-electron chi connectivity index (χ0n) is 17.2. The standard InChI is InChI=1S/C24H25F2N3O/c1-16-13-24(30)29(17(2)27-16)21-7-8-23(22(26)15-21)28-11-9-19(10-12-28)14-18-3-5-20(25)6-4-18/h3-8,13,15,19H,9-12,14H2,1-2H3. The van der Waals surface area contributed by atoms with Crippen molar-refractivity contribution in [2.24, 2.45) is 5.92 Å². The van der Waals surface area contributed by atoms with Crippen molar-refractivity contribution in [3.63, 3.8) is 0 Å². The number of aromatic nitrogens is 2. The van der Waals surface area contributed by atoms with Gasteiger partial charge in [-0.25, -0.2) is 13.8 Å². The van der Waals surface area contributed by atoms with E-state index in [0.717, 1.165) is 37.9 Å². The van der Waals surface area contributed by atoms with Crippen molar-refractivity contribution in [1.82, 2.24) is 9.55 Å². The molecule has 1 saturated heterocycles. The maximum Gasteiger partial charge on any atom is 0.258 e. The fourth-order valence-corrected chi connectivity index (χ4v) is 4.28. The Bertz CT molecular complexity index is 1100. The number of rotatable bonds is 4. The number of piperidine rings is 1. The van der Waals surface area contributed by atoms with Gasteiger partial charge in [0.2, 0.25) is 0 Å². The molecule has 0 aliphatic carbocycles. The molecule has 0 radical (unpaired) electrons. The Kier molecular flexibility index (Phi) is 5.66. The van der Waals surface area contributed by atoms with E-state index < -0.39 is 0 Å². The first-order valence-electron chi connectivity index (χ1n) is 10.3. The number of halogens is 2. The summed E-state index contributed by atoms with van der Waals surface area (Å²) in [6.07, 6.45) is 2.83. The van der Waals surface area contributed by atoms with Crippen LogP contribution in [0.5, 0.6) is 0 Å².